The maximum absolute atomic E-state index is 10.9. The highest BCUT2D eigenvalue weighted by molar-refractivity contribution is 7.99. The van der Waals surface area contributed by atoms with Crippen molar-refractivity contribution in [1.82, 2.24) is 0 Å². The molecule has 0 aromatic carbocycles. The second-order valence-electron chi connectivity index (χ2n) is 3.64. The topological polar surface area (TPSA) is 37.3 Å². The third-order valence-electron chi connectivity index (χ3n) is 2.56. The Kier molecular flexibility index (Phi) is 4.64. The molecular weight excluding hydrogens is 184 g/mol. The van der Waals surface area contributed by atoms with E-state index in [1.54, 1.807) is 0 Å². The molecule has 2 unspecified atom stereocenters. The van der Waals surface area contributed by atoms with Crippen LogP contribution in [0, 0.1) is 5.92 Å². The fourth-order valence-electron chi connectivity index (χ4n) is 1.85. The summed E-state index contributed by atoms with van der Waals surface area (Å²) in [6.07, 6.45) is 5.44. The number of carboxylic acid groups (broad SMARTS) is 1. The number of carbonyl (C=O) groups is 1. The van der Waals surface area contributed by atoms with Gasteiger partial charge in [-0.1, -0.05) is 19.8 Å². The predicted molar refractivity (Wildman–Crippen MR) is 56.1 cm³/mol. The molecule has 1 N–H and O–H groups in total. The van der Waals surface area contributed by atoms with Gasteiger partial charge in [0.25, 0.3) is 0 Å². The normalized spacial score (nSPS) is 28.7. The lowest BCUT2D eigenvalue weighted by molar-refractivity contribution is -0.142. The molecule has 1 saturated carbocycles. The van der Waals surface area contributed by atoms with Crippen molar-refractivity contribution in [2.75, 3.05) is 5.75 Å². The SMILES string of the molecule is CCCSC1CCCCC1C(=O)O. The first-order valence-electron chi connectivity index (χ1n) is 5.10. The van der Waals surface area contributed by atoms with Gasteiger partial charge in [0.05, 0.1) is 5.92 Å². The van der Waals surface area contributed by atoms with Gasteiger partial charge in [-0.25, -0.2) is 0 Å². The van der Waals surface area contributed by atoms with Gasteiger partial charge in [0, 0.05) is 5.25 Å². The summed E-state index contributed by atoms with van der Waals surface area (Å²) < 4.78 is 0. The molecule has 1 aliphatic carbocycles. The zero-order chi connectivity index (χ0) is 9.68. The Morgan fingerprint density at radius 2 is 2.15 bits per heavy atom. The molecule has 0 radical (unpaired) electrons. The van der Waals surface area contributed by atoms with Crippen LogP contribution in [0.1, 0.15) is 39.0 Å². The van der Waals surface area contributed by atoms with Crippen molar-refractivity contribution in [1.29, 1.82) is 0 Å². The van der Waals surface area contributed by atoms with Crippen LogP contribution >= 0.6 is 11.8 Å². The molecule has 76 valence electrons. The highest BCUT2D eigenvalue weighted by Crippen LogP contribution is 2.33. The van der Waals surface area contributed by atoms with Crippen molar-refractivity contribution in [3.8, 4) is 0 Å². The zero-order valence-electron chi connectivity index (χ0n) is 8.16. The minimum Gasteiger partial charge on any atom is -0.481 e. The lowest BCUT2D eigenvalue weighted by Gasteiger charge is -2.27. The van der Waals surface area contributed by atoms with Crippen LogP contribution in [-0.4, -0.2) is 22.1 Å². The van der Waals surface area contributed by atoms with E-state index in [0.29, 0.717) is 5.25 Å². The first-order valence-corrected chi connectivity index (χ1v) is 6.15. The van der Waals surface area contributed by atoms with E-state index in [9.17, 15) is 4.79 Å². The summed E-state index contributed by atoms with van der Waals surface area (Å²) in [6.45, 7) is 2.14. The predicted octanol–water partition coefficient (Wildman–Crippen LogP) is 2.77. The van der Waals surface area contributed by atoms with Gasteiger partial charge in [-0.3, -0.25) is 4.79 Å². The van der Waals surface area contributed by atoms with Crippen molar-refractivity contribution in [3.05, 3.63) is 0 Å². The number of carboxylic acids is 1. The largest absolute Gasteiger partial charge is 0.481 e. The lowest BCUT2D eigenvalue weighted by Crippen LogP contribution is -2.29. The number of thioether (sulfide) groups is 1. The molecule has 1 fully saturated rings. The highest BCUT2D eigenvalue weighted by atomic mass is 32.2. The van der Waals surface area contributed by atoms with Gasteiger partial charge in [-0.05, 0) is 25.0 Å². The molecule has 0 bridgehead atoms. The van der Waals surface area contributed by atoms with Crippen LogP contribution in [0.2, 0.25) is 0 Å². The van der Waals surface area contributed by atoms with E-state index in [-0.39, 0.29) is 5.92 Å². The molecule has 0 heterocycles. The molecule has 2 atom stereocenters. The Morgan fingerprint density at radius 3 is 2.77 bits per heavy atom. The molecule has 0 aromatic heterocycles. The van der Waals surface area contributed by atoms with Crippen molar-refractivity contribution >= 4 is 17.7 Å². The smallest absolute Gasteiger partial charge is 0.307 e. The fraction of sp³-hybridized carbons (Fsp3) is 0.900. The van der Waals surface area contributed by atoms with Crippen LogP contribution in [0.4, 0.5) is 0 Å². The van der Waals surface area contributed by atoms with E-state index >= 15 is 0 Å². The van der Waals surface area contributed by atoms with Gasteiger partial charge >= 0.3 is 5.97 Å². The Hall–Kier alpha value is -0.180. The van der Waals surface area contributed by atoms with Crippen molar-refractivity contribution in [2.45, 2.75) is 44.3 Å². The molecular formula is C10H18O2S. The van der Waals surface area contributed by atoms with E-state index in [0.717, 1.165) is 31.4 Å². The number of hydrogen-bond acceptors (Lipinski definition) is 2. The standard InChI is InChI=1S/C10H18O2S/c1-2-7-13-9-6-4-3-5-8(9)10(11)12/h8-9H,2-7H2,1H3,(H,11,12). The monoisotopic (exact) mass is 202 g/mol. The average molecular weight is 202 g/mol. The Bertz CT molecular complexity index is 170. The molecule has 0 amide bonds. The Labute approximate surface area is 84.1 Å². The molecule has 0 saturated heterocycles. The molecule has 0 aliphatic heterocycles. The zero-order valence-corrected chi connectivity index (χ0v) is 8.98. The Morgan fingerprint density at radius 1 is 1.46 bits per heavy atom. The van der Waals surface area contributed by atoms with Gasteiger partial charge in [0.1, 0.15) is 0 Å². The molecule has 0 spiro atoms. The van der Waals surface area contributed by atoms with E-state index in [1.807, 2.05) is 11.8 Å². The van der Waals surface area contributed by atoms with Crippen molar-refractivity contribution < 1.29 is 9.90 Å². The maximum Gasteiger partial charge on any atom is 0.307 e. The summed E-state index contributed by atoms with van der Waals surface area (Å²) >= 11 is 1.85. The van der Waals surface area contributed by atoms with Gasteiger partial charge in [-0.15, -0.1) is 0 Å². The molecule has 1 aliphatic rings. The van der Waals surface area contributed by atoms with Gasteiger partial charge in [0.15, 0.2) is 0 Å². The minimum atomic E-state index is -0.590. The van der Waals surface area contributed by atoms with E-state index < -0.39 is 5.97 Å². The number of rotatable bonds is 4. The summed E-state index contributed by atoms with van der Waals surface area (Å²) in [7, 11) is 0. The van der Waals surface area contributed by atoms with E-state index in [1.165, 1.54) is 6.42 Å². The summed E-state index contributed by atoms with van der Waals surface area (Å²) in [5.41, 5.74) is 0. The first kappa shape index (κ1) is 10.9. The van der Waals surface area contributed by atoms with Crippen molar-refractivity contribution in [3.63, 3.8) is 0 Å². The van der Waals surface area contributed by atoms with Crippen LogP contribution in [0.25, 0.3) is 0 Å². The number of aliphatic carboxylic acids is 1. The number of hydrogen-bond donors (Lipinski definition) is 1. The molecule has 13 heavy (non-hydrogen) atoms. The molecule has 1 rings (SSSR count). The molecule has 0 aromatic rings. The summed E-state index contributed by atoms with van der Waals surface area (Å²) in [5.74, 6) is 0.438. The quantitative estimate of drug-likeness (QED) is 0.761. The highest BCUT2D eigenvalue weighted by Gasteiger charge is 2.30. The minimum absolute atomic E-state index is 0.0784. The average Bonchev–Trinajstić information content (AvgIpc) is 2.15. The summed E-state index contributed by atoms with van der Waals surface area (Å²) in [5, 5.41) is 9.38. The van der Waals surface area contributed by atoms with Crippen LogP contribution in [0.15, 0.2) is 0 Å². The molecule has 3 heteroatoms. The van der Waals surface area contributed by atoms with Gasteiger partial charge in [0.2, 0.25) is 0 Å². The van der Waals surface area contributed by atoms with Gasteiger partial charge in [-0.2, -0.15) is 11.8 Å². The Balaban J connectivity index is 2.41. The second-order valence-corrected chi connectivity index (χ2v) is 4.99. The van der Waals surface area contributed by atoms with Crippen LogP contribution in [0.5, 0.6) is 0 Å². The van der Waals surface area contributed by atoms with Crippen molar-refractivity contribution in [2.24, 2.45) is 5.92 Å². The van der Waals surface area contributed by atoms with E-state index in [2.05, 4.69) is 6.92 Å². The second kappa shape index (κ2) is 5.53. The van der Waals surface area contributed by atoms with Gasteiger partial charge < -0.3 is 5.11 Å². The third kappa shape index (κ3) is 3.22. The maximum atomic E-state index is 10.9. The third-order valence-corrected chi connectivity index (χ3v) is 4.19. The van der Waals surface area contributed by atoms with Crippen LogP contribution < -0.4 is 0 Å². The fourth-order valence-corrected chi connectivity index (χ4v) is 3.20. The summed E-state index contributed by atoms with van der Waals surface area (Å²) in [4.78, 5) is 10.9. The lowest BCUT2D eigenvalue weighted by atomic mass is 9.89. The molecule has 2 nitrogen and oxygen atoms in total. The summed E-state index contributed by atoms with van der Waals surface area (Å²) in [6, 6.07) is 0. The van der Waals surface area contributed by atoms with Crippen LogP contribution in [0.3, 0.4) is 0 Å². The first-order chi connectivity index (χ1) is 6.25. The van der Waals surface area contributed by atoms with Crippen LogP contribution in [-0.2, 0) is 4.79 Å². The van der Waals surface area contributed by atoms with E-state index in [4.69, 9.17) is 5.11 Å².